The van der Waals surface area contributed by atoms with E-state index in [1.807, 2.05) is 0 Å². The van der Waals surface area contributed by atoms with E-state index >= 15 is 0 Å². The second kappa shape index (κ2) is 4.17. The molecule has 1 rings (SSSR count). The number of halogens is 3. The Morgan fingerprint density at radius 2 is 2.18 bits per heavy atom. The minimum absolute atomic E-state index is 0.626. The van der Waals surface area contributed by atoms with E-state index in [2.05, 4.69) is 9.72 Å². The molecule has 0 atom stereocenters. The summed E-state index contributed by atoms with van der Waals surface area (Å²) in [6.07, 6.45) is -4.40. The van der Waals surface area contributed by atoms with Crippen LogP contribution in [0.5, 0.6) is 5.75 Å². The predicted molar refractivity (Wildman–Crippen MR) is 47.0 cm³/mol. The smallest absolute Gasteiger partial charge is 0.477 e. The molecule has 0 saturated heterocycles. The van der Waals surface area contributed by atoms with Crippen molar-refractivity contribution in [2.75, 3.05) is 5.73 Å². The van der Waals surface area contributed by atoms with Crippen LogP contribution < -0.4 is 10.5 Å². The van der Waals surface area contributed by atoms with Gasteiger partial charge in [-0.05, 0) is 0 Å². The zero-order valence-electron chi connectivity index (χ0n) is 7.95. The number of alkyl halides is 3. The number of nitrogens with zero attached hydrogens (tertiary/aromatic N) is 2. The molecule has 0 aromatic carbocycles. The van der Waals surface area contributed by atoms with Gasteiger partial charge < -0.3 is 15.6 Å². The number of rotatable bonds is 2. The van der Waals surface area contributed by atoms with E-state index < -0.39 is 35.0 Å². The molecule has 90 valence electrons. The third-order valence-electron chi connectivity index (χ3n) is 1.60. The third kappa shape index (κ3) is 2.75. The van der Waals surface area contributed by atoms with Crippen LogP contribution in [0.4, 0.5) is 18.9 Å². The predicted octanol–water partition coefficient (Wildman–Crippen LogP) is 1.13. The molecule has 9 heteroatoms. The molecule has 0 bridgehead atoms. The summed E-state index contributed by atoms with van der Waals surface area (Å²) in [6.45, 7) is 0. The van der Waals surface area contributed by atoms with E-state index in [4.69, 9.17) is 16.1 Å². The number of carbonyl (C=O) groups is 1. The summed E-state index contributed by atoms with van der Waals surface area (Å²) in [5.41, 5.74) is 2.76. The molecule has 0 saturated carbocycles. The van der Waals surface area contributed by atoms with Crippen molar-refractivity contribution in [3.8, 4) is 11.8 Å². The summed E-state index contributed by atoms with van der Waals surface area (Å²) in [5, 5.41) is 17.2. The van der Waals surface area contributed by atoms with Gasteiger partial charge in [0.25, 0.3) is 0 Å². The molecule has 1 aromatic heterocycles. The number of ether oxygens (including phenoxy) is 1. The Balaban J connectivity index is 3.46. The first-order valence-corrected chi connectivity index (χ1v) is 3.94. The number of anilines is 1. The fourth-order valence-corrected chi connectivity index (χ4v) is 1.02. The van der Waals surface area contributed by atoms with Gasteiger partial charge in [-0.2, -0.15) is 5.26 Å². The number of nitrogen functional groups attached to an aromatic ring is 1. The normalized spacial score (nSPS) is 10.7. The number of pyridine rings is 1. The van der Waals surface area contributed by atoms with Crippen LogP contribution in [-0.2, 0) is 0 Å². The number of hydrogen-bond donors (Lipinski definition) is 2. The largest absolute Gasteiger partial charge is 0.573 e. The summed E-state index contributed by atoms with van der Waals surface area (Å²) in [5.74, 6) is -2.93. The molecule has 1 aromatic rings. The molecule has 17 heavy (non-hydrogen) atoms. The lowest BCUT2D eigenvalue weighted by atomic mass is 10.1. The topological polar surface area (TPSA) is 109 Å². The Morgan fingerprint density at radius 3 is 2.59 bits per heavy atom. The summed E-state index contributed by atoms with van der Waals surface area (Å²) in [6, 6.07) is 1.34. The minimum Gasteiger partial charge on any atom is -0.477 e. The monoisotopic (exact) mass is 247 g/mol. The summed E-state index contributed by atoms with van der Waals surface area (Å²) in [4.78, 5) is 14.0. The van der Waals surface area contributed by atoms with Gasteiger partial charge in [0.15, 0.2) is 11.4 Å². The number of nitriles is 1. The quantitative estimate of drug-likeness (QED) is 0.810. The van der Waals surface area contributed by atoms with Crippen LogP contribution in [0, 0.1) is 11.3 Å². The van der Waals surface area contributed by atoms with Crippen molar-refractivity contribution in [3.63, 3.8) is 0 Å². The van der Waals surface area contributed by atoms with Gasteiger partial charge in [0.05, 0.1) is 11.9 Å². The lowest BCUT2D eigenvalue weighted by molar-refractivity contribution is -0.274. The van der Waals surface area contributed by atoms with Crippen LogP contribution >= 0.6 is 0 Å². The fourth-order valence-electron chi connectivity index (χ4n) is 1.02. The second-order valence-corrected chi connectivity index (χ2v) is 2.73. The zero-order valence-corrected chi connectivity index (χ0v) is 7.95. The Kier molecular flexibility index (Phi) is 3.08. The van der Waals surface area contributed by atoms with Gasteiger partial charge in [-0.3, -0.25) is 0 Å². The van der Waals surface area contributed by atoms with Crippen molar-refractivity contribution in [1.29, 1.82) is 5.26 Å². The summed E-state index contributed by atoms with van der Waals surface area (Å²) in [7, 11) is 0. The Labute approximate surface area is 92.0 Å². The summed E-state index contributed by atoms with van der Waals surface area (Å²) < 4.78 is 39.5. The van der Waals surface area contributed by atoms with Gasteiger partial charge in [-0.25, -0.2) is 9.78 Å². The van der Waals surface area contributed by atoms with E-state index in [1.54, 1.807) is 0 Å². The number of nitrogens with two attached hydrogens (primary N) is 1. The zero-order chi connectivity index (χ0) is 13.2. The first-order valence-electron chi connectivity index (χ1n) is 3.94. The van der Waals surface area contributed by atoms with Gasteiger partial charge in [0.2, 0.25) is 0 Å². The number of hydrogen-bond acceptors (Lipinski definition) is 5. The molecule has 6 nitrogen and oxygen atoms in total. The van der Waals surface area contributed by atoms with Crippen molar-refractivity contribution in [3.05, 3.63) is 17.5 Å². The van der Waals surface area contributed by atoms with Gasteiger partial charge in [-0.1, -0.05) is 0 Å². The molecular weight excluding hydrogens is 243 g/mol. The molecular formula is C8H4F3N3O3. The minimum atomic E-state index is -5.12. The SMILES string of the molecule is N#Cc1ncc(N)c(OC(F)(F)F)c1C(=O)O. The second-order valence-electron chi connectivity index (χ2n) is 2.73. The number of aromatic nitrogens is 1. The highest BCUT2D eigenvalue weighted by Gasteiger charge is 2.35. The van der Waals surface area contributed by atoms with E-state index in [1.165, 1.54) is 6.07 Å². The lowest BCUT2D eigenvalue weighted by Gasteiger charge is -2.13. The Hall–Kier alpha value is -2.50. The van der Waals surface area contributed by atoms with Crippen LogP contribution in [0.25, 0.3) is 0 Å². The maximum atomic E-state index is 12.0. The van der Waals surface area contributed by atoms with Crippen molar-refractivity contribution in [2.24, 2.45) is 0 Å². The maximum Gasteiger partial charge on any atom is 0.573 e. The van der Waals surface area contributed by atoms with Crippen LogP contribution in [0.15, 0.2) is 6.20 Å². The third-order valence-corrected chi connectivity index (χ3v) is 1.60. The Bertz CT molecular complexity index is 507. The van der Waals surface area contributed by atoms with Gasteiger partial charge in [-0.15, -0.1) is 13.2 Å². The van der Waals surface area contributed by atoms with Gasteiger partial charge in [0.1, 0.15) is 11.6 Å². The van der Waals surface area contributed by atoms with E-state index in [0.29, 0.717) is 6.20 Å². The molecule has 0 aliphatic heterocycles. The highest BCUT2D eigenvalue weighted by molar-refractivity contribution is 5.95. The van der Waals surface area contributed by atoms with Crippen LogP contribution in [-0.4, -0.2) is 22.4 Å². The average molecular weight is 247 g/mol. The van der Waals surface area contributed by atoms with Crippen molar-refractivity contribution in [2.45, 2.75) is 6.36 Å². The van der Waals surface area contributed by atoms with E-state index in [-0.39, 0.29) is 0 Å². The molecule has 0 aliphatic carbocycles. The van der Waals surface area contributed by atoms with Crippen molar-refractivity contribution in [1.82, 2.24) is 4.98 Å². The first-order chi connectivity index (χ1) is 7.76. The van der Waals surface area contributed by atoms with Crippen molar-refractivity contribution < 1.29 is 27.8 Å². The highest BCUT2D eigenvalue weighted by atomic mass is 19.4. The molecule has 3 N–H and O–H groups in total. The molecule has 1 heterocycles. The van der Waals surface area contributed by atoms with Crippen LogP contribution in [0.3, 0.4) is 0 Å². The molecule has 0 unspecified atom stereocenters. The van der Waals surface area contributed by atoms with E-state index in [9.17, 15) is 18.0 Å². The Morgan fingerprint density at radius 1 is 1.59 bits per heavy atom. The van der Waals surface area contributed by atoms with Gasteiger partial charge >= 0.3 is 12.3 Å². The van der Waals surface area contributed by atoms with Crippen molar-refractivity contribution >= 4 is 11.7 Å². The number of carboxylic acid groups (broad SMARTS) is 1. The highest BCUT2D eigenvalue weighted by Crippen LogP contribution is 2.32. The standard InChI is InChI=1S/C8H4F3N3O3/c9-8(10,11)17-6-3(13)2-14-4(1-12)5(6)7(15)16/h2H,13H2,(H,15,16). The molecule has 0 amide bonds. The maximum absolute atomic E-state index is 12.0. The molecule has 0 fully saturated rings. The summed E-state index contributed by atoms with van der Waals surface area (Å²) >= 11 is 0. The lowest BCUT2D eigenvalue weighted by Crippen LogP contribution is -2.21. The molecule has 0 spiro atoms. The van der Waals surface area contributed by atoms with Crippen LogP contribution in [0.2, 0.25) is 0 Å². The first kappa shape index (κ1) is 12.6. The molecule has 0 radical (unpaired) electrons. The van der Waals surface area contributed by atoms with E-state index in [0.717, 1.165) is 0 Å². The van der Waals surface area contributed by atoms with Crippen LogP contribution in [0.1, 0.15) is 16.1 Å². The van der Waals surface area contributed by atoms with Gasteiger partial charge in [0, 0.05) is 0 Å². The fraction of sp³-hybridized carbons (Fsp3) is 0.125. The number of aromatic carboxylic acids is 1. The molecule has 0 aliphatic rings. The number of carboxylic acids is 1. The average Bonchev–Trinajstić information content (AvgIpc) is 2.18.